The minimum atomic E-state index is -0.110. The van der Waals surface area contributed by atoms with Crippen LogP contribution in [0.4, 0.5) is 0 Å². The highest BCUT2D eigenvalue weighted by Gasteiger charge is 2.04. The van der Waals surface area contributed by atoms with Crippen LogP contribution in [0, 0.1) is 0 Å². The lowest BCUT2D eigenvalue weighted by atomic mass is 10.3. The number of hydrogen-bond acceptors (Lipinski definition) is 3. The monoisotopic (exact) mass is 330 g/mol. The molecule has 0 aliphatic heterocycles. The zero-order valence-corrected chi connectivity index (χ0v) is 12.1. The molecule has 0 radical (unpaired) electrons. The minimum absolute atomic E-state index is 0.110. The Morgan fingerprint density at radius 3 is 2.80 bits per heavy atom. The first-order valence-corrected chi connectivity index (χ1v) is 6.88. The molecule has 3 rings (SSSR count). The Morgan fingerprint density at radius 1 is 1.15 bits per heavy atom. The van der Waals surface area contributed by atoms with E-state index in [1.54, 1.807) is 18.3 Å². The summed E-state index contributed by atoms with van der Waals surface area (Å²) in [5, 5.41) is 0. The molecular weight excluding hydrogens is 320 g/mol. The highest BCUT2D eigenvalue weighted by atomic mass is 79.9. The molecule has 4 nitrogen and oxygen atoms in total. The standard InChI is InChI=1S/C15H11BrN2O2/c16-12-5-1-2-6-13(12)20-10-11-9-15(19)18-8-4-3-7-14(18)17-11/h1-9H,10H2. The van der Waals surface area contributed by atoms with Crippen molar-refractivity contribution in [1.29, 1.82) is 0 Å². The van der Waals surface area contributed by atoms with Crippen LogP contribution in [-0.2, 0) is 6.61 Å². The summed E-state index contributed by atoms with van der Waals surface area (Å²) in [7, 11) is 0. The van der Waals surface area contributed by atoms with Crippen molar-refractivity contribution in [3.8, 4) is 5.75 Å². The molecule has 0 saturated carbocycles. The topological polar surface area (TPSA) is 43.6 Å². The number of hydrogen-bond donors (Lipinski definition) is 0. The summed E-state index contributed by atoms with van der Waals surface area (Å²) in [6, 6.07) is 14.5. The molecule has 3 aromatic rings. The maximum Gasteiger partial charge on any atom is 0.258 e. The van der Waals surface area contributed by atoms with Gasteiger partial charge in [-0.3, -0.25) is 9.20 Å². The average Bonchev–Trinajstić information content (AvgIpc) is 2.46. The Bertz CT molecular complexity index is 814. The van der Waals surface area contributed by atoms with Crippen LogP contribution in [-0.4, -0.2) is 9.38 Å². The van der Waals surface area contributed by atoms with Gasteiger partial charge in [-0.25, -0.2) is 4.98 Å². The molecule has 0 atom stereocenters. The quantitative estimate of drug-likeness (QED) is 0.741. The molecule has 0 aliphatic carbocycles. The van der Waals surface area contributed by atoms with E-state index < -0.39 is 0 Å². The second-order valence-corrected chi connectivity index (χ2v) is 5.09. The number of aromatic nitrogens is 2. The Balaban J connectivity index is 1.88. The molecule has 1 aromatic carbocycles. The summed E-state index contributed by atoms with van der Waals surface area (Å²) in [6.45, 7) is 0.253. The number of pyridine rings is 1. The third kappa shape index (κ3) is 2.58. The van der Waals surface area contributed by atoms with E-state index in [0.717, 1.165) is 10.2 Å². The predicted octanol–water partition coefficient (Wildman–Crippen LogP) is 3.04. The van der Waals surface area contributed by atoms with Gasteiger partial charge in [-0.2, -0.15) is 0 Å². The van der Waals surface area contributed by atoms with Gasteiger partial charge in [0.05, 0.1) is 10.2 Å². The summed E-state index contributed by atoms with van der Waals surface area (Å²) < 4.78 is 8.04. The third-order valence-corrected chi connectivity index (χ3v) is 3.49. The Kier molecular flexibility index (Phi) is 3.52. The molecule has 100 valence electrons. The van der Waals surface area contributed by atoms with E-state index in [2.05, 4.69) is 20.9 Å². The van der Waals surface area contributed by atoms with Gasteiger partial charge in [0.2, 0.25) is 0 Å². The van der Waals surface area contributed by atoms with Gasteiger partial charge in [0, 0.05) is 12.3 Å². The van der Waals surface area contributed by atoms with Crippen molar-refractivity contribution < 1.29 is 4.74 Å². The van der Waals surface area contributed by atoms with E-state index in [-0.39, 0.29) is 12.2 Å². The van der Waals surface area contributed by atoms with Crippen LogP contribution in [0.3, 0.4) is 0 Å². The van der Waals surface area contributed by atoms with Crippen molar-refractivity contribution in [1.82, 2.24) is 9.38 Å². The van der Waals surface area contributed by atoms with Gasteiger partial charge in [0.1, 0.15) is 18.0 Å². The molecule has 0 bridgehead atoms. The zero-order valence-electron chi connectivity index (χ0n) is 10.5. The molecule has 0 fully saturated rings. The van der Waals surface area contributed by atoms with E-state index in [4.69, 9.17) is 4.74 Å². The second-order valence-electron chi connectivity index (χ2n) is 4.23. The lowest BCUT2D eigenvalue weighted by molar-refractivity contribution is 0.299. The van der Waals surface area contributed by atoms with E-state index in [1.807, 2.05) is 30.3 Å². The minimum Gasteiger partial charge on any atom is -0.486 e. The number of nitrogens with zero attached hydrogens (tertiary/aromatic N) is 2. The molecule has 0 saturated heterocycles. The van der Waals surface area contributed by atoms with Crippen molar-refractivity contribution in [2.24, 2.45) is 0 Å². The SMILES string of the molecule is O=c1cc(COc2ccccc2Br)nc2ccccn12. The first-order chi connectivity index (χ1) is 9.74. The predicted molar refractivity (Wildman–Crippen MR) is 79.9 cm³/mol. The average molecular weight is 331 g/mol. The van der Waals surface area contributed by atoms with Crippen LogP contribution in [0.25, 0.3) is 5.65 Å². The second kappa shape index (κ2) is 5.46. The number of benzene rings is 1. The van der Waals surface area contributed by atoms with Crippen LogP contribution in [0.1, 0.15) is 5.69 Å². The van der Waals surface area contributed by atoms with E-state index in [9.17, 15) is 4.79 Å². The van der Waals surface area contributed by atoms with Crippen molar-refractivity contribution in [3.05, 3.63) is 75.2 Å². The van der Waals surface area contributed by atoms with Crippen LogP contribution in [0.2, 0.25) is 0 Å². The van der Waals surface area contributed by atoms with E-state index in [1.165, 1.54) is 10.5 Å². The van der Waals surface area contributed by atoms with Crippen LogP contribution >= 0.6 is 15.9 Å². The number of halogens is 1. The molecule has 2 aromatic heterocycles. The third-order valence-electron chi connectivity index (χ3n) is 2.84. The number of para-hydroxylation sites is 1. The Hall–Kier alpha value is -2.14. The van der Waals surface area contributed by atoms with E-state index in [0.29, 0.717) is 11.3 Å². The van der Waals surface area contributed by atoms with Crippen LogP contribution in [0.15, 0.2) is 64.0 Å². The van der Waals surface area contributed by atoms with Crippen LogP contribution < -0.4 is 10.3 Å². The molecular formula is C15H11BrN2O2. The van der Waals surface area contributed by atoms with Gasteiger partial charge < -0.3 is 4.74 Å². The Labute approximate surface area is 123 Å². The largest absolute Gasteiger partial charge is 0.486 e. The highest BCUT2D eigenvalue weighted by Crippen LogP contribution is 2.24. The molecule has 2 heterocycles. The lowest BCUT2D eigenvalue weighted by Crippen LogP contribution is -2.16. The first-order valence-electron chi connectivity index (χ1n) is 6.09. The summed E-state index contributed by atoms with van der Waals surface area (Å²) in [4.78, 5) is 16.3. The van der Waals surface area contributed by atoms with Gasteiger partial charge >= 0.3 is 0 Å². The normalized spacial score (nSPS) is 10.7. The van der Waals surface area contributed by atoms with E-state index >= 15 is 0 Å². The van der Waals surface area contributed by atoms with Gasteiger partial charge in [-0.05, 0) is 40.2 Å². The van der Waals surface area contributed by atoms with Crippen molar-refractivity contribution in [3.63, 3.8) is 0 Å². The number of rotatable bonds is 3. The van der Waals surface area contributed by atoms with Crippen molar-refractivity contribution in [2.75, 3.05) is 0 Å². The highest BCUT2D eigenvalue weighted by molar-refractivity contribution is 9.10. The van der Waals surface area contributed by atoms with Gasteiger partial charge in [0.25, 0.3) is 5.56 Å². The molecule has 20 heavy (non-hydrogen) atoms. The maximum atomic E-state index is 11.9. The zero-order chi connectivity index (χ0) is 13.9. The number of ether oxygens (including phenoxy) is 1. The summed E-state index contributed by atoms with van der Waals surface area (Å²) >= 11 is 3.41. The van der Waals surface area contributed by atoms with Crippen molar-refractivity contribution in [2.45, 2.75) is 6.61 Å². The van der Waals surface area contributed by atoms with Gasteiger partial charge in [0.15, 0.2) is 0 Å². The molecule has 0 spiro atoms. The fourth-order valence-electron chi connectivity index (χ4n) is 1.89. The van der Waals surface area contributed by atoms with Crippen molar-refractivity contribution >= 4 is 21.6 Å². The van der Waals surface area contributed by atoms with Gasteiger partial charge in [-0.1, -0.05) is 18.2 Å². The summed E-state index contributed by atoms with van der Waals surface area (Å²) in [5.41, 5.74) is 1.11. The van der Waals surface area contributed by atoms with Crippen LogP contribution in [0.5, 0.6) is 5.75 Å². The molecule has 5 heteroatoms. The summed E-state index contributed by atoms with van der Waals surface area (Å²) in [5.74, 6) is 0.725. The molecule has 0 aliphatic rings. The fourth-order valence-corrected chi connectivity index (χ4v) is 2.29. The lowest BCUT2D eigenvalue weighted by Gasteiger charge is -2.08. The fraction of sp³-hybridized carbons (Fsp3) is 0.0667. The number of fused-ring (bicyclic) bond motifs is 1. The summed E-state index contributed by atoms with van der Waals surface area (Å²) in [6.07, 6.45) is 1.70. The first kappa shape index (κ1) is 12.9. The maximum absolute atomic E-state index is 11.9. The smallest absolute Gasteiger partial charge is 0.258 e. The molecule has 0 N–H and O–H groups in total. The Morgan fingerprint density at radius 2 is 1.95 bits per heavy atom. The molecule has 0 amide bonds. The van der Waals surface area contributed by atoms with Gasteiger partial charge in [-0.15, -0.1) is 0 Å². The molecule has 0 unspecified atom stereocenters.